The van der Waals surface area contributed by atoms with E-state index in [4.69, 9.17) is 14.2 Å². The molecule has 1 atom stereocenters. The van der Waals surface area contributed by atoms with Crippen LogP contribution in [0.1, 0.15) is 265 Å². The molecule has 0 unspecified atom stereocenters. The van der Waals surface area contributed by atoms with Crippen molar-refractivity contribution < 1.29 is 28.6 Å². The lowest BCUT2D eigenvalue weighted by Crippen LogP contribution is -2.30. The lowest BCUT2D eigenvalue weighted by Gasteiger charge is -2.18. The lowest BCUT2D eigenvalue weighted by molar-refractivity contribution is -0.167. The Morgan fingerprint density at radius 2 is 0.611 bits per heavy atom. The first-order chi connectivity index (χ1) is 26.4. The van der Waals surface area contributed by atoms with Crippen LogP contribution < -0.4 is 0 Å². The lowest BCUT2D eigenvalue weighted by atomic mass is 10.0. The molecule has 0 fully saturated rings. The van der Waals surface area contributed by atoms with E-state index in [1.54, 1.807) is 0 Å². The smallest absolute Gasteiger partial charge is 0.306 e. The molecule has 6 nitrogen and oxygen atoms in total. The van der Waals surface area contributed by atoms with Crippen LogP contribution in [0.4, 0.5) is 0 Å². The van der Waals surface area contributed by atoms with E-state index >= 15 is 0 Å². The summed E-state index contributed by atoms with van der Waals surface area (Å²) in [6, 6.07) is 0. The van der Waals surface area contributed by atoms with Gasteiger partial charge in [-0.05, 0) is 25.2 Å². The number of carbonyl (C=O) groups is 3. The van der Waals surface area contributed by atoms with Gasteiger partial charge >= 0.3 is 17.9 Å². The molecule has 0 saturated carbocycles. The van der Waals surface area contributed by atoms with Crippen molar-refractivity contribution in [3.05, 3.63) is 0 Å². The standard InChI is InChI=1S/C48H92O6/c1-5-7-9-11-12-13-14-15-16-17-18-19-20-21-22-25-28-32-35-39-46(49)52-42-45(54-48(51)41-37-30-10-8-6-2)43-53-47(50)40-36-33-29-26-23-24-27-31-34-38-44(3)4/h44-45H,5-43H2,1-4H3/t45-/m0/s1. The van der Waals surface area contributed by atoms with Crippen LogP contribution in [0.2, 0.25) is 0 Å². The highest BCUT2D eigenvalue weighted by Gasteiger charge is 2.19. The monoisotopic (exact) mass is 765 g/mol. The van der Waals surface area contributed by atoms with E-state index in [0.717, 1.165) is 70.1 Å². The van der Waals surface area contributed by atoms with Crippen molar-refractivity contribution in [3.8, 4) is 0 Å². The second-order valence-electron chi connectivity index (χ2n) is 16.9. The Kier molecular flexibility index (Phi) is 41.3. The van der Waals surface area contributed by atoms with Gasteiger partial charge in [0, 0.05) is 19.3 Å². The molecule has 0 rings (SSSR count). The van der Waals surface area contributed by atoms with Crippen LogP contribution in [0.25, 0.3) is 0 Å². The van der Waals surface area contributed by atoms with Crippen molar-refractivity contribution in [1.82, 2.24) is 0 Å². The summed E-state index contributed by atoms with van der Waals surface area (Å²) in [6.07, 6.45) is 42.7. The van der Waals surface area contributed by atoms with E-state index in [0.29, 0.717) is 19.3 Å². The average molecular weight is 765 g/mol. The Hall–Kier alpha value is -1.59. The van der Waals surface area contributed by atoms with Gasteiger partial charge in [0.15, 0.2) is 6.10 Å². The Balaban J connectivity index is 4.06. The van der Waals surface area contributed by atoms with Crippen LogP contribution >= 0.6 is 0 Å². The van der Waals surface area contributed by atoms with Crippen LogP contribution in [0.3, 0.4) is 0 Å². The van der Waals surface area contributed by atoms with Gasteiger partial charge in [-0.15, -0.1) is 0 Å². The Morgan fingerprint density at radius 1 is 0.352 bits per heavy atom. The highest BCUT2D eigenvalue weighted by atomic mass is 16.6. The van der Waals surface area contributed by atoms with Gasteiger partial charge in [0.1, 0.15) is 13.2 Å². The van der Waals surface area contributed by atoms with Gasteiger partial charge in [0.05, 0.1) is 0 Å². The fourth-order valence-electron chi connectivity index (χ4n) is 7.16. The summed E-state index contributed by atoms with van der Waals surface area (Å²) < 4.78 is 16.6. The summed E-state index contributed by atoms with van der Waals surface area (Å²) in [5.74, 6) is -0.0591. The van der Waals surface area contributed by atoms with Gasteiger partial charge in [-0.2, -0.15) is 0 Å². The highest BCUT2D eigenvalue weighted by molar-refractivity contribution is 5.71. The number of carbonyl (C=O) groups excluding carboxylic acids is 3. The maximum atomic E-state index is 12.5. The molecular formula is C48H92O6. The van der Waals surface area contributed by atoms with Crippen molar-refractivity contribution in [1.29, 1.82) is 0 Å². The molecule has 0 aliphatic heterocycles. The Morgan fingerprint density at radius 3 is 0.907 bits per heavy atom. The molecule has 0 aromatic heterocycles. The third kappa shape index (κ3) is 41.6. The molecule has 0 aliphatic rings. The van der Waals surface area contributed by atoms with Crippen molar-refractivity contribution >= 4 is 17.9 Å². The zero-order valence-electron chi connectivity index (χ0n) is 36.7. The van der Waals surface area contributed by atoms with Crippen LogP contribution in [0.15, 0.2) is 0 Å². The molecule has 0 aromatic carbocycles. The van der Waals surface area contributed by atoms with Crippen molar-refractivity contribution in [3.63, 3.8) is 0 Å². The van der Waals surface area contributed by atoms with Gasteiger partial charge in [0.2, 0.25) is 0 Å². The molecule has 0 N–H and O–H groups in total. The molecular weight excluding hydrogens is 673 g/mol. The van der Waals surface area contributed by atoms with E-state index in [1.807, 2.05) is 0 Å². The molecule has 0 spiro atoms. The molecule has 0 aliphatic carbocycles. The number of ether oxygens (including phenoxy) is 3. The first-order valence-corrected chi connectivity index (χ1v) is 23.9. The second kappa shape index (κ2) is 42.6. The molecule has 54 heavy (non-hydrogen) atoms. The zero-order chi connectivity index (χ0) is 39.6. The number of hydrogen-bond acceptors (Lipinski definition) is 6. The first-order valence-electron chi connectivity index (χ1n) is 23.9. The van der Waals surface area contributed by atoms with Crippen LogP contribution in [-0.4, -0.2) is 37.2 Å². The van der Waals surface area contributed by atoms with Crippen molar-refractivity contribution in [2.45, 2.75) is 271 Å². The van der Waals surface area contributed by atoms with Crippen molar-refractivity contribution in [2.24, 2.45) is 5.92 Å². The van der Waals surface area contributed by atoms with Crippen LogP contribution in [0, 0.1) is 5.92 Å². The van der Waals surface area contributed by atoms with Gasteiger partial charge in [-0.25, -0.2) is 0 Å². The minimum absolute atomic E-state index is 0.0652. The summed E-state index contributed by atoms with van der Waals surface area (Å²) in [6.45, 7) is 8.91. The normalized spacial score (nSPS) is 11.9. The highest BCUT2D eigenvalue weighted by Crippen LogP contribution is 2.16. The van der Waals surface area contributed by atoms with E-state index in [9.17, 15) is 14.4 Å². The number of hydrogen-bond donors (Lipinski definition) is 0. The maximum absolute atomic E-state index is 12.5. The molecule has 0 saturated heterocycles. The number of esters is 3. The van der Waals surface area contributed by atoms with E-state index in [2.05, 4.69) is 27.7 Å². The zero-order valence-corrected chi connectivity index (χ0v) is 36.7. The fourth-order valence-corrected chi connectivity index (χ4v) is 7.16. The number of unbranched alkanes of at least 4 members (excludes halogenated alkanes) is 30. The predicted octanol–water partition coefficient (Wildman–Crippen LogP) is 15.1. The second-order valence-corrected chi connectivity index (χ2v) is 16.9. The largest absolute Gasteiger partial charge is 0.462 e. The summed E-state index contributed by atoms with van der Waals surface area (Å²) in [7, 11) is 0. The minimum Gasteiger partial charge on any atom is -0.462 e. The molecule has 0 aromatic rings. The molecule has 0 amide bonds. The Labute approximate surface area is 336 Å². The molecule has 0 radical (unpaired) electrons. The Bertz CT molecular complexity index is 811. The summed E-state index contributed by atoms with van der Waals surface area (Å²) in [5, 5.41) is 0. The molecule has 0 heterocycles. The quantitative estimate of drug-likeness (QED) is 0.0349. The summed E-state index contributed by atoms with van der Waals surface area (Å²) >= 11 is 0. The topological polar surface area (TPSA) is 78.9 Å². The van der Waals surface area contributed by atoms with E-state index in [-0.39, 0.29) is 31.1 Å². The van der Waals surface area contributed by atoms with Gasteiger partial charge in [-0.1, -0.05) is 227 Å². The molecule has 0 bridgehead atoms. The molecule has 320 valence electrons. The maximum Gasteiger partial charge on any atom is 0.306 e. The van der Waals surface area contributed by atoms with Crippen LogP contribution in [-0.2, 0) is 28.6 Å². The molecule has 6 heteroatoms. The SMILES string of the molecule is CCCCCCCCCCCCCCCCCCCCCC(=O)OC[C@@H](COC(=O)CCCCCCCCCCCC(C)C)OC(=O)CCCCCCC. The van der Waals surface area contributed by atoms with Gasteiger partial charge < -0.3 is 14.2 Å². The van der Waals surface area contributed by atoms with Gasteiger partial charge in [-0.3, -0.25) is 14.4 Å². The number of rotatable bonds is 43. The first kappa shape index (κ1) is 52.4. The minimum atomic E-state index is -0.758. The van der Waals surface area contributed by atoms with E-state index < -0.39 is 6.10 Å². The van der Waals surface area contributed by atoms with E-state index in [1.165, 1.54) is 154 Å². The average Bonchev–Trinajstić information content (AvgIpc) is 3.15. The van der Waals surface area contributed by atoms with Crippen molar-refractivity contribution in [2.75, 3.05) is 13.2 Å². The predicted molar refractivity (Wildman–Crippen MR) is 229 cm³/mol. The van der Waals surface area contributed by atoms with Gasteiger partial charge in [0.25, 0.3) is 0 Å². The fraction of sp³-hybridized carbons (Fsp3) is 0.938. The third-order valence-electron chi connectivity index (χ3n) is 10.8. The third-order valence-corrected chi connectivity index (χ3v) is 10.8. The summed E-state index contributed by atoms with van der Waals surface area (Å²) in [5.41, 5.74) is 0. The van der Waals surface area contributed by atoms with Crippen LogP contribution in [0.5, 0.6) is 0 Å². The summed E-state index contributed by atoms with van der Waals surface area (Å²) in [4.78, 5) is 37.5.